The second-order valence-corrected chi connectivity index (χ2v) is 3.84. The van der Waals surface area contributed by atoms with Crippen LogP contribution >= 0.6 is 11.8 Å². The number of anilines is 1. The van der Waals surface area contributed by atoms with Crippen LogP contribution in [0.15, 0.2) is 16.9 Å². The Kier molecular flexibility index (Phi) is 3.42. The van der Waals surface area contributed by atoms with Crippen molar-refractivity contribution in [1.29, 1.82) is 0 Å². The first kappa shape index (κ1) is 10.2. The van der Waals surface area contributed by atoms with Crippen LogP contribution in [0.4, 0.5) is 5.69 Å². The Balaban J connectivity index is 3.03. The molecule has 1 heterocycles. The molecule has 0 fully saturated rings. The molecule has 0 saturated heterocycles. The van der Waals surface area contributed by atoms with Gasteiger partial charge in [0.05, 0.1) is 5.69 Å². The highest BCUT2D eigenvalue weighted by atomic mass is 32.2. The van der Waals surface area contributed by atoms with Gasteiger partial charge in [-0.2, -0.15) is 11.8 Å². The smallest absolute Gasteiger partial charge is 0.250 e. The number of nitrogens with two attached hydrogens (primary N) is 1. The van der Waals surface area contributed by atoms with E-state index >= 15 is 0 Å². The third kappa shape index (κ3) is 2.28. The van der Waals surface area contributed by atoms with Crippen LogP contribution in [0.5, 0.6) is 0 Å². The Morgan fingerprint density at radius 1 is 1.54 bits per heavy atom. The molecule has 3 nitrogen and oxygen atoms in total. The molecule has 0 aromatic carbocycles. The predicted octanol–water partition coefficient (Wildman–Crippen LogP) is 1.10. The van der Waals surface area contributed by atoms with Crippen LogP contribution in [-0.4, -0.2) is 16.6 Å². The van der Waals surface area contributed by atoms with Gasteiger partial charge >= 0.3 is 0 Å². The molecule has 72 valence electrons. The molecule has 13 heavy (non-hydrogen) atoms. The zero-order valence-corrected chi connectivity index (χ0v) is 8.73. The summed E-state index contributed by atoms with van der Waals surface area (Å²) in [5, 5.41) is 0. The normalized spacial score (nSPS) is 10.3. The summed E-state index contributed by atoms with van der Waals surface area (Å²) >= 11 is 1.72. The van der Waals surface area contributed by atoms with Gasteiger partial charge in [0.25, 0.3) is 5.56 Å². The van der Waals surface area contributed by atoms with E-state index in [1.165, 1.54) is 6.07 Å². The third-order valence-corrected chi connectivity index (χ3v) is 2.60. The van der Waals surface area contributed by atoms with Crippen molar-refractivity contribution in [2.45, 2.75) is 13.5 Å². The highest BCUT2D eigenvalue weighted by Gasteiger charge is 2.01. The highest BCUT2D eigenvalue weighted by Crippen LogP contribution is 2.06. The summed E-state index contributed by atoms with van der Waals surface area (Å²) in [5.74, 6) is 0.935. The molecule has 0 spiro atoms. The zero-order valence-electron chi connectivity index (χ0n) is 7.91. The maximum absolute atomic E-state index is 11.4. The van der Waals surface area contributed by atoms with E-state index in [1.54, 1.807) is 22.4 Å². The first-order valence-corrected chi connectivity index (χ1v) is 5.51. The van der Waals surface area contributed by atoms with Gasteiger partial charge in [-0.1, -0.05) is 0 Å². The molecule has 0 aliphatic carbocycles. The summed E-state index contributed by atoms with van der Waals surface area (Å²) in [4.78, 5) is 11.4. The lowest BCUT2D eigenvalue weighted by Crippen LogP contribution is -2.23. The fraction of sp³-hybridized carbons (Fsp3) is 0.444. The van der Waals surface area contributed by atoms with Gasteiger partial charge in [0.1, 0.15) is 0 Å². The molecule has 2 N–H and O–H groups in total. The van der Waals surface area contributed by atoms with Crippen LogP contribution in [0.2, 0.25) is 0 Å². The number of pyridine rings is 1. The van der Waals surface area contributed by atoms with Crippen LogP contribution in [0.25, 0.3) is 0 Å². The van der Waals surface area contributed by atoms with Crippen LogP contribution < -0.4 is 11.3 Å². The minimum atomic E-state index is 0.0285. The fourth-order valence-corrected chi connectivity index (χ4v) is 1.52. The molecule has 0 unspecified atom stereocenters. The van der Waals surface area contributed by atoms with Crippen molar-refractivity contribution in [2.75, 3.05) is 17.7 Å². The van der Waals surface area contributed by atoms with Crippen molar-refractivity contribution in [3.63, 3.8) is 0 Å². The average molecular weight is 198 g/mol. The Hall–Kier alpha value is -0.900. The van der Waals surface area contributed by atoms with Crippen LogP contribution in [-0.2, 0) is 6.54 Å². The van der Waals surface area contributed by atoms with E-state index in [0.717, 1.165) is 18.0 Å². The summed E-state index contributed by atoms with van der Waals surface area (Å²) < 4.78 is 1.71. The minimum absolute atomic E-state index is 0.0285. The molecule has 0 radical (unpaired) electrons. The van der Waals surface area contributed by atoms with Gasteiger partial charge in [0.2, 0.25) is 0 Å². The number of aromatic nitrogens is 1. The number of hydrogen-bond acceptors (Lipinski definition) is 3. The van der Waals surface area contributed by atoms with Gasteiger partial charge in [-0.3, -0.25) is 4.79 Å². The number of hydrogen-bond donors (Lipinski definition) is 1. The van der Waals surface area contributed by atoms with Crippen LogP contribution in [0.1, 0.15) is 5.69 Å². The van der Waals surface area contributed by atoms with E-state index in [4.69, 9.17) is 5.73 Å². The van der Waals surface area contributed by atoms with Crippen molar-refractivity contribution in [1.82, 2.24) is 4.57 Å². The molecule has 0 bridgehead atoms. The molecule has 0 atom stereocenters. The molecule has 1 rings (SSSR count). The maximum atomic E-state index is 11.4. The Labute approximate surface area is 81.9 Å². The summed E-state index contributed by atoms with van der Waals surface area (Å²) in [6.07, 6.45) is 2.02. The van der Waals surface area contributed by atoms with Crippen molar-refractivity contribution in [3.8, 4) is 0 Å². The Morgan fingerprint density at radius 2 is 2.23 bits per heavy atom. The van der Waals surface area contributed by atoms with Gasteiger partial charge in [-0.05, 0) is 19.2 Å². The monoisotopic (exact) mass is 198 g/mol. The summed E-state index contributed by atoms with van der Waals surface area (Å²) in [6.45, 7) is 2.61. The minimum Gasteiger partial charge on any atom is -0.397 e. The molecule has 0 aliphatic rings. The van der Waals surface area contributed by atoms with Crippen LogP contribution in [0.3, 0.4) is 0 Å². The van der Waals surface area contributed by atoms with Gasteiger partial charge < -0.3 is 10.3 Å². The SMILES string of the molecule is CSCCn1c(C)c(N)ccc1=O. The number of rotatable bonds is 3. The summed E-state index contributed by atoms with van der Waals surface area (Å²) in [7, 11) is 0. The zero-order chi connectivity index (χ0) is 9.84. The van der Waals surface area contributed by atoms with Crippen molar-refractivity contribution in [2.24, 2.45) is 0 Å². The lowest BCUT2D eigenvalue weighted by Gasteiger charge is -2.10. The molecular formula is C9H14N2OS. The molecule has 1 aromatic heterocycles. The fourth-order valence-electron chi connectivity index (χ4n) is 1.15. The first-order valence-electron chi connectivity index (χ1n) is 4.11. The number of nitrogens with zero attached hydrogens (tertiary/aromatic N) is 1. The van der Waals surface area contributed by atoms with E-state index < -0.39 is 0 Å². The quantitative estimate of drug-likeness (QED) is 0.791. The van der Waals surface area contributed by atoms with Crippen LogP contribution in [0, 0.1) is 6.92 Å². The van der Waals surface area contributed by atoms with Crippen molar-refractivity contribution < 1.29 is 0 Å². The first-order chi connectivity index (χ1) is 6.16. The number of thioether (sulfide) groups is 1. The van der Waals surface area contributed by atoms with E-state index in [1.807, 2.05) is 13.2 Å². The Morgan fingerprint density at radius 3 is 2.85 bits per heavy atom. The van der Waals surface area contributed by atoms with Gasteiger partial charge in [-0.25, -0.2) is 0 Å². The maximum Gasteiger partial charge on any atom is 0.250 e. The molecule has 0 saturated carbocycles. The lowest BCUT2D eigenvalue weighted by atomic mass is 10.3. The second-order valence-electron chi connectivity index (χ2n) is 2.86. The molecular weight excluding hydrogens is 184 g/mol. The van der Waals surface area contributed by atoms with E-state index in [-0.39, 0.29) is 5.56 Å². The predicted molar refractivity (Wildman–Crippen MR) is 58.2 cm³/mol. The second kappa shape index (κ2) is 4.37. The van der Waals surface area contributed by atoms with Gasteiger partial charge in [0.15, 0.2) is 0 Å². The molecule has 0 aliphatic heterocycles. The van der Waals surface area contributed by atoms with Gasteiger partial charge in [-0.15, -0.1) is 0 Å². The molecule has 0 amide bonds. The molecule has 4 heteroatoms. The van der Waals surface area contributed by atoms with E-state index in [0.29, 0.717) is 5.69 Å². The van der Waals surface area contributed by atoms with Gasteiger partial charge in [0, 0.05) is 24.1 Å². The highest BCUT2D eigenvalue weighted by molar-refractivity contribution is 7.98. The Bertz CT molecular complexity index is 346. The van der Waals surface area contributed by atoms with E-state index in [2.05, 4.69) is 0 Å². The topological polar surface area (TPSA) is 48.0 Å². The standard InChI is InChI=1S/C9H14N2OS/c1-7-8(10)3-4-9(12)11(7)5-6-13-2/h3-4H,5-6,10H2,1-2H3. The lowest BCUT2D eigenvalue weighted by molar-refractivity contribution is 0.711. The largest absolute Gasteiger partial charge is 0.397 e. The summed E-state index contributed by atoms with van der Waals surface area (Å²) in [6, 6.07) is 3.18. The van der Waals surface area contributed by atoms with Crippen molar-refractivity contribution in [3.05, 3.63) is 28.2 Å². The number of nitrogen functional groups attached to an aromatic ring is 1. The average Bonchev–Trinajstić information content (AvgIpc) is 2.12. The molecule has 1 aromatic rings. The summed E-state index contributed by atoms with van der Waals surface area (Å²) in [5.41, 5.74) is 7.27. The van der Waals surface area contributed by atoms with Crippen molar-refractivity contribution >= 4 is 17.4 Å². The third-order valence-electron chi connectivity index (χ3n) is 2.01. The van der Waals surface area contributed by atoms with E-state index in [9.17, 15) is 4.79 Å².